The van der Waals surface area contributed by atoms with Crippen molar-refractivity contribution in [1.29, 1.82) is 0 Å². The Hall–Kier alpha value is -1.22. The molecule has 0 amide bonds. The summed E-state index contributed by atoms with van der Waals surface area (Å²) in [4.78, 5) is 4.55. The molecule has 4 radical (unpaired) electrons. The molecule has 1 fully saturated rings. The molecule has 0 saturated carbocycles. The molecule has 0 N–H and O–H groups in total. The fourth-order valence-electron chi connectivity index (χ4n) is 4.85. The van der Waals surface area contributed by atoms with E-state index in [-0.39, 0.29) is 11.6 Å². The van der Waals surface area contributed by atoms with Gasteiger partial charge in [0.1, 0.15) is 0 Å². The third kappa shape index (κ3) is 3.37. The lowest BCUT2D eigenvalue weighted by Gasteiger charge is -2.57. The van der Waals surface area contributed by atoms with Gasteiger partial charge in [-0.1, -0.05) is 48.0 Å². The van der Waals surface area contributed by atoms with Crippen molar-refractivity contribution in [2.75, 3.05) is 20.1 Å². The highest BCUT2D eigenvalue weighted by molar-refractivity contribution is 6.40. The summed E-state index contributed by atoms with van der Waals surface area (Å²) in [6.45, 7) is 5.95. The Kier molecular flexibility index (Phi) is 4.73. The van der Waals surface area contributed by atoms with Gasteiger partial charge in [0.25, 0.3) is 0 Å². The summed E-state index contributed by atoms with van der Waals surface area (Å²) in [6.07, 6.45) is 1.02. The molecule has 2 nitrogen and oxygen atoms in total. The SMILES string of the molecule is [B]C1([B])CN([C@@H]2C[C@@H](c3ccccc3)c3ccc(Cl)cc32)CC(C)(C)N1C. The van der Waals surface area contributed by atoms with Gasteiger partial charge in [-0.3, -0.25) is 4.90 Å². The Balaban J connectivity index is 1.73. The maximum Gasteiger partial charge on any atom is 0.0841 e. The second-order valence-electron chi connectivity index (χ2n) is 8.76. The molecule has 1 saturated heterocycles. The molecule has 2 aliphatic rings. The van der Waals surface area contributed by atoms with Gasteiger partial charge in [-0.25, -0.2) is 0 Å². The molecule has 0 unspecified atom stereocenters. The Labute approximate surface area is 170 Å². The van der Waals surface area contributed by atoms with Gasteiger partial charge in [0.05, 0.1) is 15.7 Å². The van der Waals surface area contributed by atoms with Crippen molar-refractivity contribution in [3.63, 3.8) is 0 Å². The predicted molar refractivity (Wildman–Crippen MR) is 115 cm³/mol. The Morgan fingerprint density at radius 2 is 1.70 bits per heavy atom. The highest BCUT2D eigenvalue weighted by Gasteiger charge is 2.45. The lowest BCUT2D eigenvalue weighted by Crippen LogP contribution is -2.70. The summed E-state index contributed by atoms with van der Waals surface area (Å²) in [6, 6.07) is 17.3. The van der Waals surface area contributed by atoms with Crippen LogP contribution in [0.4, 0.5) is 0 Å². The van der Waals surface area contributed by atoms with Crippen molar-refractivity contribution in [2.24, 2.45) is 0 Å². The summed E-state index contributed by atoms with van der Waals surface area (Å²) in [5.41, 5.74) is 3.92. The first-order valence-electron chi connectivity index (χ1n) is 9.59. The minimum absolute atomic E-state index is 0.106. The van der Waals surface area contributed by atoms with Crippen LogP contribution in [0, 0.1) is 0 Å². The first-order chi connectivity index (χ1) is 12.7. The van der Waals surface area contributed by atoms with E-state index in [2.05, 4.69) is 66.1 Å². The van der Waals surface area contributed by atoms with Crippen LogP contribution in [-0.4, -0.2) is 56.5 Å². The van der Waals surface area contributed by atoms with Gasteiger partial charge in [-0.15, -0.1) is 0 Å². The van der Waals surface area contributed by atoms with Gasteiger partial charge in [0.2, 0.25) is 0 Å². The van der Waals surface area contributed by atoms with E-state index in [0.29, 0.717) is 12.5 Å². The van der Waals surface area contributed by atoms with Crippen molar-refractivity contribution in [3.8, 4) is 0 Å². The number of hydrogen-bond acceptors (Lipinski definition) is 2. The zero-order valence-corrected chi connectivity index (χ0v) is 17.1. The quantitative estimate of drug-likeness (QED) is 0.735. The lowest BCUT2D eigenvalue weighted by molar-refractivity contribution is -0.0144. The molecule has 2 aromatic carbocycles. The van der Waals surface area contributed by atoms with E-state index in [4.69, 9.17) is 27.3 Å². The van der Waals surface area contributed by atoms with E-state index in [1.807, 2.05) is 13.1 Å². The molecule has 0 bridgehead atoms. The van der Waals surface area contributed by atoms with Crippen LogP contribution in [0.2, 0.25) is 5.02 Å². The summed E-state index contributed by atoms with van der Waals surface area (Å²) in [7, 11) is 15.0. The standard InChI is InChI=1S/C22H25B2ClN2/c1-21(2)13-27(14-22(23,24)26(21)3)20-12-18(15-7-5-4-6-8-15)17-10-9-16(25)11-19(17)20/h4-11,18,20H,12-14H2,1-3H3/t18-,20+/m0/s1. The molecule has 0 aromatic heterocycles. The molecule has 4 rings (SSSR count). The lowest BCUT2D eigenvalue weighted by atomic mass is 9.58. The summed E-state index contributed by atoms with van der Waals surface area (Å²) < 4.78 is 0. The maximum atomic E-state index is 6.49. The van der Waals surface area contributed by atoms with E-state index in [1.54, 1.807) is 0 Å². The van der Waals surface area contributed by atoms with Crippen LogP contribution in [-0.2, 0) is 0 Å². The highest BCUT2D eigenvalue weighted by atomic mass is 35.5. The van der Waals surface area contributed by atoms with Crippen molar-refractivity contribution in [3.05, 3.63) is 70.2 Å². The molecular weight excluding hydrogens is 349 g/mol. The monoisotopic (exact) mass is 374 g/mol. The topological polar surface area (TPSA) is 6.48 Å². The molecule has 1 heterocycles. The number of likely N-dealkylation sites (N-methyl/N-ethyl adjacent to an activating group) is 1. The van der Waals surface area contributed by atoms with E-state index >= 15 is 0 Å². The smallest absolute Gasteiger partial charge is 0.0841 e. The van der Waals surface area contributed by atoms with Crippen LogP contribution < -0.4 is 0 Å². The number of nitrogens with zero attached hydrogens (tertiary/aromatic N) is 2. The summed E-state index contributed by atoms with van der Waals surface area (Å²) >= 11 is 6.38. The van der Waals surface area contributed by atoms with Crippen molar-refractivity contribution in [2.45, 2.75) is 43.1 Å². The zero-order chi connectivity index (χ0) is 19.4. The molecule has 2 atom stereocenters. The number of hydrogen-bond donors (Lipinski definition) is 0. The number of piperazine rings is 1. The maximum absolute atomic E-state index is 6.49. The molecule has 0 spiro atoms. The first-order valence-corrected chi connectivity index (χ1v) is 9.97. The summed E-state index contributed by atoms with van der Waals surface area (Å²) in [5.74, 6) is 0.371. The van der Waals surface area contributed by atoms with Crippen LogP contribution in [0.5, 0.6) is 0 Å². The van der Waals surface area contributed by atoms with Gasteiger partial charge in [0, 0.05) is 35.6 Å². The minimum Gasteiger partial charge on any atom is -0.310 e. The van der Waals surface area contributed by atoms with Crippen molar-refractivity contribution in [1.82, 2.24) is 9.80 Å². The molecule has 136 valence electrons. The molecule has 1 aliphatic heterocycles. The second-order valence-corrected chi connectivity index (χ2v) is 9.19. The zero-order valence-electron chi connectivity index (χ0n) is 16.3. The van der Waals surface area contributed by atoms with Gasteiger partial charge in [0.15, 0.2) is 0 Å². The van der Waals surface area contributed by atoms with Crippen LogP contribution in [0.25, 0.3) is 0 Å². The van der Waals surface area contributed by atoms with Crippen molar-refractivity contribution >= 4 is 27.3 Å². The van der Waals surface area contributed by atoms with Gasteiger partial charge in [-0.05, 0) is 61.5 Å². The largest absolute Gasteiger partial charge is 0.310 e. The second kappa shape index (κ2) is 6.69. The fourth-order valence-corrected chi connectivity index (χ4v) is 5.03. The highest BCUT2D eigenvalue weighted by Crippen LogP contribution is 2.49. The van der Waals surface area contributed by atoms with E-state index < -0.39 is 5.34 Å². The number of fused-ring (bicyclic) bond motifs is 1. The predicted octanol–water partition coefficient (Wildman–Crippen LogP) is 3.93. The van der Waals surface area contributed by atoms with Crippen LogP contribution in [0.1, 0.15) is 48.9 Å². The van der Waals surface area contributed by atoms with Crippen molar-refractivity contribution < 1.29 is 0 Å². The van der Waals surface area contributed by atoms with Crippen LogP contribution in [0.15, 0.2) is 48.5 Å². The Bertz CT molecular complexity index is 819. The van der Waals surface area contributed by atoms with E-state index in [0.717, 1.165) is 18.0 Å². The van der Waals surface area contributed by atoms with E-state index in [9.17, 15) is 0 Å². The molecule has 2 aromatic rings. The van der Waals surface area contributed by atoms with Gasteiger partial charge >= 0.3 is 0 Å². The average molecular weight is 375 g/mol. The number of halogens is 1. The summed E-state index contributed by atoms with van der Waals surface area (Å²) in [5, 5.41) is -0.0710. The number of benzene rings is 2. The molecule has 1 aliphatic carbocycles. The third-order valence-electron chi connectivity index (χ3n) is 6.46. The minimum atomic E-state index is -0.856. The van der Waals surface area contributed by atoms with E-state index in [1.165, 1.54) is 16.7 Å². The fraction of sp³-hybridized carbons (Fsp3) is 0.455. The third-order valence-corrected chi connectivity index (χ3v) is 6.70. The van der Waals surface area contributed by atoms with Crippen LogP contribution in [0.3, 0.4) is 0 Å². The molecule has 27 heavy (non-hydrogen) atoms. The molecular formula is C22H25B2ClN2. The van der Waals surface area contributed by atoms with Gasteiger partial charge in [-0.2, -0.15) is 0 Å². The van der Waals surface area contributed by atoms with Crippen LogP contribution >= 0.6 is 11.6 Å². The van der Waals surface area contributed by atoms with Gasteiger partial charge < -0.3 is 4.90 Å². The average Bonchev–Trinajstić information content (AvgIpc) is 2.98. The first kappa shape index (κ1) is 19.1. The number of rotatable bonds is 2. The molecule has 5 heteroatoms. The Morgan fingerprint density at radius 1 is 1.00 bits per heavy atom. The Morgan fingerprint density at radius 3 is 2.37 bits per heavy atom. The normalized spacial score (nSPS) is 27.4.